The van der Waals surface area contributed by atoms with Crippen LogP contribution in [0.15, 0.2) is 0 Å². The van der Waals surface area contributed by atoms with E-state index in [0.717, 1.165) is 58.5 Å². The predicted molar refractivity (Wildman–Crippen MR) is 73.1 cm³/mol. The summed E-state index contributed by atoms with van der Waals surface area (Å²) in [6.07, 6.45) is 4.57. The summed E-state index contributed by atoms with van der Waals surface area (Å²) in [5.74, 6) is 0.114. The van der Waals surface area contributed by atoms with Crippen LogP contribution in [-0.2, 0) is 14.3 Å². The lowest BCUT2D eigenvalue weighted by atomic mass is 10.1. The van der Waals surface area contributed by atoms with Crippen LogP contribution in [0.1, 0.15) is 32.6 Å². The Morgan fingerprint density at radius 3 is 2.74 bits per heavy atom. The van der Waals surface area contributed by atoms with E-state index in [-0.39, 0.29) is 24.7 Å². The molecule has 2 saturated heterocycles. The topological polar surface area (TPSA) is 50.8 Å². The Morgan fingerprint density at radius 2 is 2.00 bits per heavy atom. The number of piperidine rings is 2. The van der Waals surface area contributed by atoms with Crippen LogP contribution >= 0.6 is 0 Å². The Hall–Kier alpha value is -0.650. The van der Waals surface area contributed by atoms with E-state index in [1.165, 1.54) is 0 Å². The highest BCUT2D eigenvalue weighted by Crippen LogP contribution is 2.14. The second kappa shape index (κ2) is 7.82. The van der Waals surface area contributed by atoms with Crippen LogP contribution in [-0.4, -0.2) is 62.4 Å². The van der Waals surface area contributed by atoms with Crippen molar-refractivity contribution < 1.29 is 14.3 Å². The second-order valence-electron chi connectivity index (χ2n) is 5.32. The van der Waals surface area contributed by atoms with Crippen molar-refractivity contribution in [3.05, 3.63) is 0 Å². The third kappa shape index (κ3) is 4.75. The molecule has 2 fully saturated rings. The fraction of sp³-hybridized carbons (Fsp3) is 0.929. The van der Waals surface area contributed by atoms with Gasteiger partial charge in [0.15, 0.2) is 0 Å². The van der Waals surface area contributed by atoms with Crippen molar-refractivity contribution in [1.82, 2.24) is 10.2 Å². The predicted octanol–water partition coefficient (Wildman–Crippen LogP) is 0.783. The minimum Gasteiger partial charge on any atom is -0.377 e. The normalized spacial score (nSPS) is 25.5. The molecule has 0 bridgehead atoms. The molecule has 2 aliphatic rings. The maximum atomic E-state index is 12.1. The molecule has 0 aromatic heterocycles. The van der Waals surface area contributed by atoms with Gasteiger partial charge in [0.1, 0.15) is 6.61 Å². The number of hydrogen-bond donors (Lipinski definition) is 1. The van der Waals surface area contributed by atoms with E-state index in [0.29, 0.717) is 0 Å². The maximum absolute atomic E-state index is 12.1. The van der Waals surface area contributed by atoms with Gasteiger partial charge in [-0.15, -0.1) is 0 Å². The Balaban J connectivity index is 1.69. The summed E-state index contributed by atoms with van der Waals surface area (Å²) in [4.78, 5) is 14.0. The Morgan fingerprint density at radius 1 is 1.21 bits per heavy atom. The van der Waals surface area contributed by atoms with Crippen LogP contribution in [0.2, 0.25) is 0 Å². The number of carbonyl (C=O) groups excluding carboxylic acids is 1. The Bertz CT molecular complexity index is 278. The quantitative estimate of drug-likeness (QED) is 0.802. The van der Waals surface area contributed by atoms with Crippen molar-refractivity contribution in [3.8, 4) is 0 Å². The Kier molecular flexibility index (Phi) is 6.07. The third-order valence-corrected chi connectivity index (χ3v) is 3.86. The first-order chi connectivity index (χ1) is 9.29. The average molecular weight is 270 g/mol. The number of ether oxygens (including phenoxy) is 2. The van der Waals surface area contributed by atoms with Crippen LogP contribution < -0.4 is 5.32 Å². The van der Waals surface area contributed by atoms with Gasteiger partial charge in [-0.1, -0.05) is 0 Å². The zero-order valence-electron chi connectivity index (χ0n) is 11.9. The first kappa shape index (κ1) is 14.8. The van der Waals surface area contributed by atoms with Gasteiger partial charge in [0, 0.05) is 19.7 Å². The molecule has 2 heterocycles. The highest BCUT2D eigenvalue weighted by Gasteiger charge is 2.24. The summed E-state index contributed by atoms with van der Waals surface area (Å²) >= 11 is 0. The van der Waals surface area contributed by atoms with Crippen molar-refractivity contribution in [1.29, 1.82) is 0 Å². The number of amides is 1. The summed E-state index contributed by atoms with van der Waals surface area (Å²) in [6.45, 7) is 6.51. The van der Waals surface area contributed by atoms with E-state index in [1.54, 1.807) is 0 Å². The molecule has 19 heavy (non-hydrogen) atoms. The van der Waals surface area contributed by atoms with Gasteiger partial charge < -0.3 is 19.7 Å². The van der Waals surface area contributed by atoms with E-state index < -0.39 is 0 Å². The number of hydrogen-bond acceptors (Lipinski definition) is 4. The fourth-order valence-electron chi connectivity index (χ4n) is 2.78. The van der Waals surface area contributed by atoms with Gasteiger partial charge in [0.2, 0.25) is 5.91 Å². The molecule has 0 radical (unpaired) electrons. The van der Waals surface area contributed by atoms with Crippen molar-refractivity contribution in [2.75, 3.05) is 39.4 Å². The lowest BCUT2D eigenvalue weighted by Crippen LogP contribution is -2.45. The van der Waals surface area contributed by atoms with E-state index in [1.807, 2.05) is 11.8 Å². The summed E-state index contributed by atoms with van der Waals surface area (Å²) < 4.78 is 11.3. The molecule has 0 aliphatic carbocycles. The molecule has 5 heteroatoms. The van der Waals surface area contributed by atoms with Gasteiger partial charge in [0.05, 0.1) is 12.2 Å². The summed E-state index contributed by atoms with van der Waals surface area (Å²) in [5, 5.41) is 3.29. The Labute approximate surface area is 115 Å². The summed E-state index contributed by atoms with van der Waals surface area (Å²) in [7, 11) is 0. The van der Waals surface area contributed by atoms with Gasteiger partial charge in [-0.25, -0.2) is 0 Å². The van der Waals surface area contributed by atoms with Gasteiger partial charge >= 0.3 is 0 Å². The van der Waals surface area contributed by atoms with Crippen LogP contribution in [0, 0.1) is 0 Å². The molecular weight excluding hydrogens is 244 g/mol. The maximum Gasteiger partial charge on any atom is 0.248 e. The van der Waals surface area contributed by atoms with Crippen LogP contribution in [0.5, 0.6) is 0 Å². The molecule has 1 atom stereocenters. The molecule has 2 aliphatic heterocycles. The number of likely N-dealkylation sites (tertiary alicyclic amines) is 1. The highest BCUT2D eigenvalue weighted by atomic mass is 16.5. The van der Waals surface area contributed by atoms with E-state index in [2.05, 4.69) is 5.32 Å². The van der Waals surface area contributed by atoms with Crippen molar-refractivity contribution in [3.63, 3.8) is 0 Å². The van der Waals surface area contributed by atoms with Gasteiger partial charge in [0.25, 0.3) is 0 Å². The molecule has 5 nitrogen and oxygen atoms in total. The molecule has 0 aromatic rings. The smallest absolute Gasteiger partial charge is 0.248 e. The molecule has 0 aromatic carbocycles. The first-order valence-electron chi connectivity index (χ1n) is 7.51. The first-order valence-corrected chi connectivity index (χ1v) is 7.51. The van der Waals surface area contributed by atoms with E-state index >= 15 is 0 Å². The summed E-state index contributed by atoms with van der Waals surface area (Å²) in [6, 6.07) is 0. The SMILES string of the molecule is CCOC1CCCN(C(=O)COC2CCNCC2)C1. The largest absolute Gasteiger partial charge is 0.377 e. The van der Waals surface area contributed by atoms with Gasteiger partial charge in [-0.2, -0.15) is 0 Å². The molecular formula is C14H26N2O3. The lowest BCUT2D eigenvalue weighted by Gasteiger charge is -2.33. The zero-order valence-corrected chi connectivity index (χ0v) is 11.9. The molecule has 1 amide bonds. The molecule has 0 spiro atoms. The minimum atomic E-state index is 0.114. The van der Waals surface area contributed by atoms with E-state index in [4.69, 9.17) is 9.47 Å². The van der Waals surface area contributed by atoms with E-state index in [9.17, 15) is 4.79 Å². The van der Waals surface area contributed by atoms with Crippen LogP contribution in [0.3, 0.4) is 0 Å². The lowest BCUT2D eigenvalue weighted by molar-refractivity contribution is -0.142. The average Bonchev–Trinajstić information content (AvgIpc) is 2.46. The van der Waals surface area contributed by atoms with Crippen LogP contribution in [0.4, 0.5) is 0 Å². The highest BCUT2D eigenvalue weighted by molar-refractivity contribution is 5.77. The number of rotatable bonds is 5. The molecule has 1 N–H and O–H groups in total. The summed E-state index contributed by atoms with van der Waals surface area (Å²) in [5.41, 5.74) is 0. The zero-order chi connectivity index (χ0) is 13.5. The third-order valence-electron chi connectivity index (χ3n) is 3.86. The monoisotopic (exact) mass is 270 g/mol. The number of nitrogens with zero attached hydrogens (tertiary/aromatic N) is 1. The second-order valence-corrected chi connectivity index (χ2v) is 5.32. The minimum absolute atomic E-state index is 0.114. The molecule has 1 unspecified atom stereocenters. The molecule has 2 rings (SSSR count). The van der Waals surface area contributed by atoms with Crippen molar-refractivity contribution in [2.24, 2.45) is 0 Å². The molecule has 0 saturated carbocycles. The standard InChI is InChI=1S/C14H26N2O3/c1-2-18-13-4-3-9-16(10-13)14(17)11-19-12-5-7-15-8-6-12/h12-13,15H,2-11H2,1H3. The fourth-order valence-corrected chi connectivity index (χ4v) is 2.78. The van der Waals surface area contributed by atoms with Gasteiger partial charge in [-0.3, -0.25) is 4.79 Å². The number of carbonyl (C=O) groups is 1. The number of nitrogens with one attached hydrogen (secondary N) is 1. The van der Waals surface area contributed by atoms with Gasteiger partial charge in [-0.05, 0) is 45.7 Å². The van der Waals surface area contributed by atoms with Crippen LogP contribution in [0.25, 0.3) is 0 Å². The van der Waals surface area contributed by atoms with Crippen molar-refractivity contribution in [2.45, 2.75) is 44.8 Å². The molecule has 110 valence electrons. The van der Waals surface area contributed by atoms with Crippen molar-refractivity contribution >= 4 is 5.91 Å².